The van der Waals surface area contributed by atoms with E-state index in [1.54, 1.807) is 6.20 Å². The predicted octanol–water partition coefficient (Wildman–Crippen LogP) is 0.885. The monoisotopic (exact) mass is 259 g/mol. The summed E-state index contributed by atoms with van der Waals surface area (Å²) in [5.74, 6) is 0.954. The van der Waals surface area contributed by atoms with Gasteiger partial charge in [0, 0.05) is 55.1 Å². The Morgan fingerprint density at radius 3 is 2.93 bits per heavy atom. The lowest BCUT2D eigenvalue weighted by Crippen LogP contribution is -2.44. The maximum atomic E-state index is 5.34. The number of nitrogens with zero attached hydrogens (tertiary/aromatic N) is 2. The van der Waals surface area contributed by atoms with Crippen molar-refractivity contribution in [3.63, 3.8) is 0 Å². The molecule has 78 valence electrons. The number of halogens is 1. The van der Waals surface area contributed by atoms with E-state index in [4.69, 9.17) is 4.42 Å². The maximum absolute atomic E-state index is 5.34. The summed E-state index contributed by atoms with van der Waals surface area (Å²) in [4.78, 5) is 7.01. The number of oxazole rings is 1. The molecule has 1 aliphatic rings. The van der Waals surface area contributed by atoms with Crippen LogP contribution in [0.3, 0.4) is 0 Å². The topological polar surface area (TPSA) is 41.3 Å². The largest absolute Gasteiger partial charge is 0.436 e. The first-order valence-corrected chi connectivity index (χ1v) is 5.67. The minimum absolute atomic E-state index is 0.577. The third-order valence-corrected chi connectivity index (χ3v) is 2.78. The van der Waals surface area contributed by atoms with Crippen molar-refractivity contribution in [3.8, 4) is 0 Å². The van der Waals surface area contributed by atoms with Crippen LogP contribution in [-0.2, 0) is 6.42 Å². The highest BCUT2D eigenvalue weighted by atomic mass is 79.9. The molecule has 14 heavy (non-hydrogen) atoms. The lowest BCUT2D eigenvalue weighted by atomic mass is 10.3. The van der Waals surface area contributed by atoms with Crippen molar-refractivity contribution in [1.82, 2.24) is 15.2 Å². The van der Waals surface area contributed by atoms with Crippen molar-refractivity contribution < 1.29 is 4.42 Å². The fourth-order valence-corrected chi connectivity index (χ4v) is 1.91. The van der Waals surface area contributed by atoms with E-state index in [1.165, 1.54) is 0 Å². The van der Waals surface area contributed by atoms with E-state index in [0.29, 0.717) is 4.80 Å². The first-order chi connectivity index (χ1) is 6.84. The maximum Gasteiger partial charge on any atom is 0.264 e. The summed E-state index contributed by atoms with van der Waals surface area (Å²) in [7, 11) is 0. The Hall–Kier alpha value is -0.390. The van der Waals surface area contributed by atoms with Crippen LogP contribution in [0.15, 0.2) is 15.4 Å². The van der Waals surface area contributed by atoms with Gasteiger partial charge in [0.25, 0.3) is 4.80 Å². The van der Waals surface area contributed by atoms with Crippen LogP contribution in [0.5, 0.6) is 0 Å². The number of rotatable bonds is 3. The van der Waals surface area contributed by atoms with Crippen LogP contribution in [0.4, 0.5) is 0 Å². The highest BCUT2D eigenvalue weighted by Crippen LogP contribution is 2.10. The van der Waals surface area contributed by atoms with Gasteiger partial charge in [-0.2, -0.15) is 0 Å². The Morgan fingerprint density at radius 2 is 2.29 bits per heavy atom. The van der Waals surface area contributed by atoms with Crippen LogP contribution >= 0.6 is 15.9 Å². The molecule has 0 aliphatic carbocycles. The molecule has 0 atom stereocenters. The van der Waals surface area contributed by atoms with Crippen LogP contribution in [0.25, 0.3) is 0 Å². The second-order valence-corrected chi connectivity index (χ2v) is 4.10. The molecule has 2 heterocycles. The van der Waals surface area contributed by atoms with Gasteiger partial charge in [0.15, 0.2) is 0 Å². The zero-order chi connectivity index (χ0) is 9.80. The third kappa shape index (κ3) is 2.80. The molecule has 4 nitrogen and oxygen atoms in total. The number of nitrogens with one attached hydrogen (secondary N) is 1. The number of piperazine rings is 1. The highest BCUT2D eigenvalue weighted by Gasteiger charge is 2.10. The lowest BCUT2D eigenvalue weighted by Gasteiger charge is -2.26. The number of hydrogen-bond acceptors (Lipinski definition) is 4. The van der Waals surface area contributed by atoms with Crippen LogP contribution in [0.1, 0.15) is 5.76 Å². The Morgan fingerprint density at radius 1 is 1.50 bits per heavy atom. The van der Waals surface area contributed by atoms with Gasteiger partial charge in [-0.15, -0.1) is 0 Å². The zero-order valence-corrected chi connectivity index (χ0v) is 9.59. The van der Waals surface area contributed by atoms with E-state index in [9.17, 15) is 0 Å². The van der Waals surface area contributed by atoms with Crippen molar-refractivity contribution in [3.05, 3.63) is 16.8 Å². The molecule has 1 saturated heterocycles. The standard InChI is InChI=1S/C9H14BrN3O/c10-9-12-7-8(14-9)1-4-13-5-2-11-3-6-13/h7,11H,1-6H2. The van der Waals surface area contributed by atoms with Crippen molar-refractivity contribution in [2.45, 2.75) is 6.42 Å². The van der Waals surface area contributed by atoms with E-state index in [0.717, 1.165) is 44.9 Å². The number of hydrogen-bond donors (Lipinski definition) is 1. The Balaban J connectivity index is 1.76. The molecule has 0 aromatic carbocycles. The van der Waals surface area contributed by atoms with Gasteiger partial charge in [0.05, 0.1) is 6.20 Å². The second kappa shape index (κ2) is 4.91. The zero-order valence-electron chi connectivity index (χ0n) is 8.00. The first-order valence-electron chi connectivity index (χ1n) is 4.88. The molecule has 2 rings (SSSR count). The van der Waals surface area contributed by atoms with Crippen molar-refractivity contribution >= 4 is 15.9 Å². The van der Waals surface area contributed by atoms with Crippen molar-refractivity contribution in [2.75, 3.05) is 32.7 Å². The fourth-order valence-electron chi connectivity index (χ4n) is 1.60. The number of aromatic nitrogens is 1. The molecule has 5 heteroatoms. The van der Waals surface area contributed by atoms with E-state index >= 15 is 0 Å². The average molecular weight is 260 g/mol. The molecule has 1 N–H and O–H groups in total. The van der Waals surface area contributed by atoms with Gasteiger partial charge in [0.1, 0.15) is 5.76 Å². The van der Waals surface area contributed by atoms with Crippen LogP contribution in [-0.4, -0.2) is 42.6 Å². The molecule has 1 aromatic heterocycles. The van der Waals surface area contributed by atoms with Crippen molar-refractivity contribution in [2.24, 2.45) is 0 Å². The smallest absolute Gasteiger partial charge is 0.264 e. The van der Waals surface area contributed by atoms with Gasteiger partial charge in [-0.25, -0.2) is 4.98 Å². The summed E-state index contributed by atoms with van der Waals surface area (Å²) in [6, 6.07) is 0. The highest BCUT2D eigenvalue weighted by molar-refractivity contribution is 9.10. The average Bonchev–Trinajstić information content (AvgIpc) is 2.63. The van der Waals surface area contributed by atoms with Gasteiger partial charge < -0.3 is 14.6 Å². The van der Waals surface area contributed by atoms with Crippen LogP contribution < -0.4 is 5.32 Å². The predicted molar refractivity (Wildman–Crippen MR) is 57.2 cm³/mol. The molecular formula is C9H14BrN3O. The van der Waals surface area contributed by atoms with Gasteiger partial charge in [-0.05, 0) is 0 Å². The Kier molecular flexibility index (Phi) is 3.55. The third-order valence-electron chi connectivity index (χ3n) is 2.41. The quantitative estimate of drug-likeness (QED) is 0.876. The molecule has 0 bridgehead atoms. The molecule has 0 saturated carbocycles. The summed E-state index contributed by atoms with van der Waals surface area (Å²) in [6.07, 6.45) is 2.73. The fraction of sp³-hybridized carbons (Fsp3) is 0.667. The van der Waals surface area contributed by atoms with Crippen LogP contribution in [0, 0.1) is 0 Å². The van der Waals surface area contributed by atoms with E-state index in [-0.39, 0.29) is 0 Å². The van der Waals surface area contributed by atoms with Gasteiger partial charge in [-0.3, -0.25) is 0 Å². The summed E-state index contributed by atoms with van der Waals surface area (Å²) < 4.78 is 5.34. The van der Waals surface area contributed by atoms with Gasteiger partial charge in [-0.1, -0.05) is 0 Å². The normalized spacial score (nSPS) is 18.6. The first kappa shape index (κ1) is 10.1. The molecule has 1 fully saturated rings. The summed E-state index contributed by atoms with van der Waals surface area (Å²) in [5.41, 5.74) is 0. The Bertz CT molecular complexity index is 283. The molecule has 0 spiro atoms. The van der Waals surface area contributed by atoms with E-state index in [2.05, 4.69) is 31.1 Å². The van der Waals surface area contributed by atoms with Crippen LogP contribution in [0.2, 0.25) is 0 Å². The SMILES string of the molecule is Brc1ncc(CCN2CCNCC2)o1. The Labute approximate surface area is 91.8 Å². The van der Waals surface area contributed by atoms with E-state index < -0.39 is 0 Å². The van der Waals surface area contributed by atoms with Gasteiger partial charge >= 0.3 is 0 Å². The van der Waals surface area contributed by atoms with Crippen molar-refractivity contribution in [1.29, 1.82) is 0 Å². The minimum atomic E-state index is 0.577. The molecule has 0 radical (unpaired) electrons. The summed E-state index contributed by atoms with van der Waals surface area (Å²) in [6.45, 7) is 5.52. The molecule has 1 aromatic rings. The lowest BCUT2D eigenvalue weighted by molar-refractivity contribution is 0.238. The van der Waals surface area contributed by atoms with E-state index in [1.807, 2.05) is 0 Å². The minimum Gasteiger partial charge on any atom is -0.436 e. The molecule has 1 aliphatic heterocycles. The summed E-state index contributed by atoms with van der Waals surface area (Å²) in [5, 5.41) is 3.33. The molecular weight excluding hydrogens is 246 g/mol. The summed E-state index contributed by atoms with van der Waals surface area (Å²) >= 11 is 3.20. The van der Waals surface area contributed by atoms with Gasteiger partial charge in [0.2, 0.25) is 0 Å². The second-order valence-electron chi connectivity index (χ2n) is 3.42. The molecule has 0 amide bonds. The molecule has 0 unspecified atom stereocenters.